The van der Waals surface area contributed by atoms with E-state index in [4.69, 9.17) is 9.47 Å². The van der Waals surface area contributed by atoms with E-state index in [1.165, 1.54) is 9.13 Å². The summed E-state index contributed by atoms with van der Waals surface area (Å²) in [6.07, 6.45) is 2.20. The van der Waals surface area contributed by atoms with Gasteiger partial charge < -0.3 is 9.47 Å². The standard InChI is InChI=1S/C66H54N2O8/c1-11-59(69)75-49-29-51(33(3)4)61(52(30-49)34(5)6)67-63(71)55-25-45-21-41-17-37-13-15-39-19-43-23-47-27-57-58(66(74)68(65(57)73)62-53(35(7)8)31-50(76-60(70)12-2)32-54(62)36(9)10)28-48(47)24-44(43)20-40(39)16-14-38(37)18-42(41)22-46(45)26-56(55)64(67)72/h11-36H,1-2H2,3-10H3. The molecule has 0 aliphatic rings. The number of nitrogens with zero attached hydrogens (tertiary/aromatic N) is 2. The highest BCUT2D eigenvalue weighted by atomic mass is 16.5. The third kappa shape index (κ3) is 8.12. The lowest BCUT2D eigenvalue weighted by Crippen LogP contribution is -2.26. The Balaban J connectivity index is 1.01. The minimum absolute atomic E-state index is 0.109. The largest absolute Gasteiger partial charge is 0.423 e. The summed E-state index contributed by atoms with van der Waals surface area (Å²) < 4.78 is 13.7. The molecule has 376 valence electrons. The Bertz CT molecular complexity index is 4100. The third-order valence-electron chi connectivity index (χ3n) is 14.9. The van der Waals surface area contributed by atoms with Gasteiger partial charge in [0.25, 0.3) is 22.2 Å². The first kappa shape index (κ1) is 49.2. The molecule has 2 aromatic heterocycles. The molecule has 11 rings (SSSR count). The first-order chi connectivity index (χ1) is 36.3. The maximum Gasteiger partial charge on any atom is 0.335 e. The molecule has 76 heavy (non-hydrogen) atoms. The number of carbonyl (C=O) groups is 2. The quantitative estimate of drug-likeness (QED) is 0.0573. The predicted octanol–water partition coefficient (Wildman–Crippen LogP) is 14.0. The Morgan fingerprint density at radius 1 is 0.355 bits per heavy atom. The van der Waals surface area contributed by atoms with Gasteiger partial charge in [-0.2, -0.15) is 0 Å². The van der Waals surface area contributed by atoms with E-state index in [0.29, 0.717) is 66.7 Å². The Kier molecular flexibility index (Phi) is 11.9. The highest BCUT2D eigenvalue weighted by Crippen LogP contribution is 2.38. The van der Waals surface area contributed by atoms with Crippen molar-refractivity contribution >= 4 is 98.1 Å². The van der Waals surface area contributed by atoms with E-state index in [0.717, 1.165) is 76.8 Å². The second-order valence-corrected chi connectivity index (χ2v) is 21.2. The lowest BCUT2D eigenvalue weighted by atomic mass is 9.92. The minimum atomic E-state index is -0.596. The van der Waals surface area contributed by atoms with Crippen molar-refractivity contribution in [2.45, 2.75) is 79.1 Å². The van der Waals surface area contributed by atoms with Crippen molar-refractivity contribution in [1.29, 1.82) is 0 Å². The second kappa shape index (κ2) is 18.4. The van der Waals surface area contributed by atoms with Crippen LogP contribution < -0.4 is 31.7 Å². The van der Waals surface area contributed by atoms with E-state index in [9.17, 15) is 28.8 Å². The summed E-state index contributed by atoms with van der Waals surface area (Å²) in [6.45, 7) is 22.9. The molecular weight excluding hydrogens is 949 g/mol. The summed E-state index contributed by atoms with van der Waals surface area (Å²) >= 11 is 0. The third-order valence-corrected chi connectivity index (χ3v) is 14.9. The van der Waals surface area contributed by atoms with Gasteiger partial charge in [0.2, 0.25) is 0 Å². The Morgan fingerprint density at radius 2 is 0.566 bits per heavy atom. The molecule has 0 unspecified atom stereocenters. The summed E-state index contributed by atoms with van der Waals surface area (Å²) in [7, 11) is 0. The van der Waals surface area contributed by atoms with E-state index in [1.54, 1.807) is 24.3 Å². The molecule has 0 spiro atoms. The molecule has 0 amide bonds. The summed E-state index contributed by atoms with van der Waals surface area (Å²) in [5, 5.41) is 12.6. The maximum absolute atomic E-state index is 14.5. The fraction of sp³-hybridized carbons (Fsp3) is 0.182. The molecule has 10 heteroatoms. The lowest BCUT2D eigenvalue weighted by molar-refractivity contribution is -0.129. The second-order valence-electron chi connectivity index (χ2n) is 21.2. The van der Waals surface area contributed by atoms with Gasteiger partial charge in [-0.25, -0.2) is 18.7 Å². The molecule has 0 saturated carbocycles. The van der Waals surface area contributed by atoms with Crippen molar-refractivity contribution in [1.82, 2.24) is 9.13 Å². The number of hydrogen-bond acceptors (Lipinski definition) is 8. The topological polar surface area (TPSA) is 131 Å². The lowest BCUT2D eigenvalue weighted by Gasteiger charge is -2.21. The molecule has 0 N–H and O–H groups in total. The predicted molar refractivity (Wildman–Crippen MR) is 309 cm³/mol. The number of esters is 2. The van der Waals surface area contributed by atoms with Crippen molar-refractivity contribution in [3.05, 3.63) is 210 Å². The van der Waals surface area contributed by atoms with Gasteiger partial charge in [-0.3, -0.25) is 19.2 Å². The van der Waals surface area contributed by atoms with Crippen LogP contribution in [0.15, 0.2) is 166 Å². The summed E-state index contributed by atoms with van der Waals surface area (Å²) in [4.78, 5) is 82.3. The van der Waals surface area contributed by atoms with Crippen molar-refractivity contribution in [3.8, 4) is 22.9 Å². The summed E-state index contributed by atoms with van der Waals surface area (Å²) in [5.74, 6) is -0.971. The van der Waals surface area contributed by atoms with Gasteiger partial charge >= 0.3 is 11.9 Å². The number of ether oxygens (including phenoxy) is 2. The number of rotatable bonds is 10. The minimum Gasteiger partial charge on any atom is -0.423 e. The molecule has 0 fully saturated rings. The van der Waals surface area contributed by atoms with Gasteiger partial charge in [0, 0.05) is 12.2 Å². The van der Waals surface area contributed by atoms with Crippen LogP contribution in [0.25, 0.3) is 97.6 Å². The molecule has 0 atom stereocenters. The van der Waals surface area contributed by atoms with Crippen molar-refractivity contribution < 1.29 is 19.1 Å². The van der Waals surface area contributed by atoms with E-state index in [1.807, 2.05) is 79.7 Å². The van der Waals surface area contributed by atoms with Gasteiger partial charge in [0.15, 0.2) is 0 Å². The molecule has 9 aromatic carbocycles. The first-order valence-corrected chi connectivity index (χ1v) is 25.6. The molecule has 0 saturated heterocycles. The zero-order chi connectivity index (χ0) is 53.8. The fourth-order valence-corrected chi connectivity index (χ4v) is 11.0. The molecule has 0 aliphatic carbocycles. The smallest absolute Gasteiger partial charge is 0.335 e. The molecule has 10 nitrogen and oxygen atoms in total. The van der Waals surface area contributed by atoms with E-state index in [2.05, 4.69) is 86.0 Å². The number of aromatic nitrogens is 2. The number of hydrogen-bond donors (Lipinski definition) is 0. The van der Waals surface area contributed by atoms with Crippen LogP contribution in [0.1, 0.15) is 101 Å². The molecular formula is C66H54N2O8. The van der Waals surface area contributed by atoms with E-state index in [-0.39, 0.29) is 23.7 Å². The van der Waals surface area contributed by atoms with Gasteiger partial charge in [0.1, 0.15) is 11.5 Å². The zero-order valence-corrected chi connectivity index (χ0v) is 43.6. The number of fused-ring (bicyclic) bond motifs is 8. The summed E-state index contributed by atoms with van der Waals surface area (Å²) in [6, 6.07) is 39.5. The van der Waals surface area contributed by atoms with Crippen molar-refractivity contribution in [3.63, 3.8) is 0 Å². The van der Waals surface area contributed by atoms with Crippen molar-refractivity contribution in [2.75, 3.05) is 0 Å². The highest BCUT2D eigenvalue weighted by molar-refractivity contribution is 6.10. The monoisotopic (exact) mass is 1000 g/mol. The van der Waals surface area contributed by atoms with Crippen LogP contribution >= 0.6 is 0 Å². The maximum atomic E-state index is 14.5. The molecule has 0 bridgehead atoms. The Morgan fingerprint density at radius 3 is 0.776 bits per heavy atom. The van der Waals surface area contributed by atoms with Crippen LogP contribution in [0.5, 0.6) is 11.5 Å². The molecule has 0 aliphatic heterocycles. The van der Waals surface area contributed by atoms with Crippen LogP contribution in [-0.2, 0) is 9.59 Å². The van der Waals surface area contributed by atoms with E-state index >= 15 is 0 Å². The zero-order valence-electron chi connectivity index (χ0n) is 43.6. The normalized spacial score (nSPS) is 12.1. The Hall–Kier alpha value is -9.02. The Labute approximate surface area is 436 Å². The SMILES string of the molecule is C=CC(=O)Oc1cc(C(C)C)c(-n2c(=O)c3cc4cc5cc6ccc7cc8cc9cc%10c(=O)n(-c%11c(C(C)C)cc(OC(=O)C=C)cc%11C(C)C)c(=O)c%10cc9cc8cc7ccc6cc5cc4cc3c2=O)c(C(C)C)c1. The van der Waals surface area contributed by atoms with Crippen LogP contribution in [0, 0.1) is 0 Å². The van der Waals surface area contributed by atoms with Gasteiger partial charge in [-0.05, 0) is 208 Å². The molecule has 11 aromatic rings. The van der Waals surface area contributed by atoms with Crippen LogP contribution in [0.2, 0.25) is 0 Å². The average molecular weight is 1000 g/mol. The fourth-order valence-electron chi connectivity index (χ4n) is 11.0. The van der Waals surface area contributed by atoms with Crippen LogP contribution in [0.3, 0.4) is 0 Å². The van der Waals surface area contributed by atoms with Crippen LogP contribution in [0.4, 0.5) is 0 Å². The number of benzene rings is 8. The molecule has 0 radical (unpaired) electrons. The van der Waals surface area contributed by atoms with Gasteiger partial charge in [-0.15, -0.1) is 0 Å². The van der Waals surface area contributed by atoms with Gasteiger partial charge in [0.05, 0.1) is 32.9 Å². The number of carbonyl (C=O) groups excluding carboxylic acids is 2. The average Bonchev–Trinajstić information content (AvgIpc) is 3.89. The van der Waals surface area contributed by atoms with Gasteiger partial charge in [-0.1, -0.05) is 92.8 Å². The van der Waals surface area contributed by atoms with Crippen LogP contribution in [-0.4, -0.2) is 21.1 Å². The summed E-state index contributed by atoms with van der Waals surface area (Å²) in [5.41, 5.74) is 2.29. The van der Waals surface area contributed by atoms with Crippen molar-refractivity contribution in [2.24, 2.45) is 0 Å². The highest BCUT2D eigenvalue weighted by Gasteiger charge is 2.27. The first-order valence-electron chi connectivity index (χ1n) is 25.6. The molecule has 2 heterocycles. The van der Waals surface area contributed by atoms with E-state index < -0.39 is 34.2 Å².